The molecule has 0 saturated carbocycles. The fourth-order valence-electron chi connectivity index (χ4n) is 2.73. The van der Waals surface area contributed by atoms with E-state index in [4.69, 9.17) is 23.2 Å². The van der Waals surface area contributed by atoms with E-state index in [1.54, 1.807) is 12.2 Å². The standard InChI is InChI=1S/C19H18Cl2N2O/c20-16-5-3-6-17(14-16)22-10-12-23(13-11-22)19(24)9-8-15-4-1-2-7-18(15)21/h1-9,14H,10-13H2. The Bertz CT molecular complexity index is 753. The molecule has 0 bridgehead atoms. The highest BCUT2D eigenvalue weighted by Crippen LogP contribution is 2.21. The van der Waals surface area contributed by atoms with Crippen LogP contribution in [0.25, 0.3) is 6.08 Å². The van der Waals surface area contributed by atoms with Gasteiger partial charge in [0.2, 0.25) is 5.91 Å². The Morgan fingerprint density at radius 2 is 1.71 bits per heavy atom. The lowest BCUT2D eigenvalue weighted by molar-refractivity contribution is -0.126. The highest BCUT2D eigenvalue weighted by atomic mass is 35.5. The average Bonchev–Trinajstić information content (AvgIpc) is 2.61. The van der Waals surface area contributed by atoms with Gasteiger partial charge < -0.3 is 9.80 Å². The fraction of sp³-hybridized carbons (Fsp3) is 0.211. The SMILES string of the molecule is O=C(C=Cc1ccccc1Cl)N1CCN(c2cccc(Cl)c2)CC1. The van der Waals surface area contributed by atoms with E-state index in [0.29, 0.717) is 18.1 Å². The van der Waals surface area contributed by atoms with Crippen LogP contribution in [0.2, 0.25) is 10.0 Å². The number of hydrogen-bond donors (Lipinski definition) is 0. The molecule has 0 unspecified atom stereocenters. The molecule has 0 spiro atoms. The topological polar surface area (TPSA) is 23.6 Å². The summed E-state index contributed by atoms with van der Waals surface area (Å²) in [6, 6.07) is 15.3. The largest absolute Gasteiger partial charge is 0.368 e. The number of halogens is 2. The van der Waals surface area contributed by atoms with Crippen molar-refractivity contribution in [1.29, 1.82) is 0 Å². The zero-order valence-electron chi connectivity index (χ0n) is 13.2. The van der Waals surface area contributed by atoms with E-state index >= 15 is 0 Å². The molecule has 0 radical (unpaired) electrons. The van der Waals surface area contributed by atoms with Crippen molar-refractivity contribution in [3.8, 4) is 0 Å². The second kappa shape index (κ2) is 7.73. The third-order valence-corrected chi connectivity index (χ3v) is 4.65. The molecule has 2 aromatic carbocycles. The molecule has 2 aromatic rings. The van der Waals surface area contributed by atoms with Crippen LogP contribution in [0, 0.1) is 0 Å². The van der Waals surface area contributed by atoms with E-state index in [2.05, 4.69) is 4.90 Å². The van der Waals surface area contributed by atoms with Gasteiger partial charge in [-0.2, -0.15) is 0 Å². The van der Waals surface area contributed by atoms with Gasteiger partial charge in [0.1, 0.15) is 0 Å². The van der Waals surface area contributed by atoms with Crippen LogP contribution in [0.3, 0.4) is 0 Å². The average molecular weight is 361 g/mol. The quantitative estimate of drug-likeness (QED) is 0.759. The van der Waals surface area contributed by atoms with Crippen LogP contribution in [0.1, 0.15) is 5.56 Å². The zero-order chi connectivity index (χ0) is 16.9. The third-order valence-electron chi connectivity index (χ3n) is 4.08. The van der Waals surface area contributed by atoms with E-state index in [1.807, 2.05) is 53.4 Å². The molecule has 124 valence electrons. The lowest BCUT2D eigenvalue weighted by Crippen LogP contribution is -2.48. The maximum Gasteiger partial charge on any atom is 0.246 e. The lowest BCUT2D eigenvalue weighted by Gasteiger charge is -2.35. The minimum Gasteiger partial charge on any atom is -0.368 e. The third kappa shape index (κ3) is 4.11. The Kier molecular flexibility index (Phi) is 5.44. The smallest absolute Gasteiger partial charge is 0.246 e. The number of nitrogens with zero attached hydrogens (tertiary/aromatic N) is 2. The van der Waals surface area contributed by atoms with Crippen LogP contribution in [0.5, 0.6) is 0 Å². The second-order valence-electron chi connectivity index (χ2n) is 5.65. The first kappa shape index (κ1) is 16.9. The summed E-state index contributed by atoms with van der Waals surface area (Å²) in [5, 5.41) is 1.38. The zero-order valence-corrected chi connectivity index (χ0v) is 14.7. The summed E-state index contributed by atoms with van der Waals surface area (Å²) < 4.78 is 0. The highest BCUT2D eigenvalue weighted by molar-refractivity contribution is 6.32. The minimum absolute atomic E-state index is 0.0145. The Labute approximate surface area is 152 Å². The maximum absolute atomic E-state index is 12.3. The summed E-state index contributed by atoms with van der Waals surface area (Å²) >= 11 is 12.1. The molecule has 0 aromatic heterocycles. The van der Waals surface area contributed by atoms with Gasteiger partial charge in [0, 0.05) is 48.0 Å². The van der Waals surface area contributed by atoms with Crippen molar-refractivity contribution >= 4 is 40.9 Å². The predicted molar refractivity (Wildman–Crippen MR) is 101 cm³/mol. The molecular weight excluding hydrogens is 343 g/mol. The van der Waals surface area contributed by atoms with Crippen LogP contribution < -0.4 is 4.90 Å². The van der Waals surface area contributed by atoms with Crippen molar-refractivity contribution in [2.75, 3.05) is 31.1 Å². The van der Waals surface area contributed by atoms with Crippen LogP contribution in [-0.4, -0.2) is 37.0 Å². The number of hydrogen-bond acceptors (Lipinski definition) is 2. The molecule has 0 atom stereocenters. The number of carbonyl (C=O) groups excluding carboxylic acids is 1. The molecule has 1 amide bonds. The molecule has 5 heteroatoms. The van der Waals surface area contributed by atoms with E-state index in [9.17, 15) is 4.79 Å². The summed E-state index contributed by atoms with van der Waals surface area (Å²) in [6.07, 6.45) is 3.37. The van der Waals surface area contributed by atoms with Gasteiger partial charge >= 0.3 is 0 Å². The number of rotatable bonds is 3. The first-order valence-electron chi connectivity index (χ1n) is 7.85. The fourth-order valence-corrected chi connectivity index (χ4v) is 3.12. The van der Waals surface area contributed by atoms with E-state index in [-0.39, 0.29) is 5.91 Å². The van der Waals surface area contributed by atoms with Gasteiger partial charge in [-0.3, -0.25) is 4.79 Å². The molecule has 24 heavy (non-hydrogen) atoms. The monoisotopic (exact) mass is 360 g/mol. The van der Waals surface area contributed by atoms with E-state index in [1.165, 1.54) is 0 Å². The van der Waals surface area contributed by atoms with Crippen LogP contribution in [0.15, 0.2) is 54.6 Å². The molecule has 0 N–H and O–H groups in total. The van der Waals surface area contributed by atoms with Crippen molar-refractivity contribution in [3.05, 3.63) is 70.2 Å². The Morgan fingerprint density at radius 3 is 2.42 bits per heavy atom. The number of amides is 1. The first-order chi connectivity index (χ1) is 11.6. The summed E-state index contributed by atoms with van der Waals surface area (Å²) in [5.41, 5.74) is 1.95. The Hall–Kier alpha value is -1.97. The molecule has 1 aliphatic rings. The van der Waals surface area contributed by atoms with E-state index in [0.717, 1.165) is 29.4 Å². The van der Waals surface area contributed by atoms with Crippen molar-refractivity contribution in [3.63, 3.8) is 0 Å². The summed E-state index contributed by atoms with van der Waals surface area (Å²) in [7, 11) is 0. The minimum atomic E-state index is 0.0145. The van der Waals surface area contributed by atoms with Crippen molar-refractivity contribution in [1.82, 2.24) is 4.90 Å². The molecule has 1 fully saturated rings. The molecule has 0 aliphatic carbocycles. The van der Waals surface area contributed by atoms with Gasteiger partial charge in [-0.05, 0) is 35.9 Å². The van der Waals surface area contributed by atoms with Crippen LogP contribution >= 0.6 is 23.2 Å². The van der Waals surface area contributed by atoms with Gasteiger partial charge in [0.05, 0.1) is 0 Å². The van der Waals surface area contributed by atoms with E-state index < -0.39 is 0 Å². The normalized spacial score (nSPS) is 15.1. The molecule has 1 saturated heterocycles. The van der Waals surface area contributed by atoms with Gasteiger partial charge in [-0.15, -0.1) is 0 Å². The second-order valence-corrected chi connectivity index (χ2v) is 6.49. The Morgan fingerprint density at radius 1 is 0.958 bits per heavy atom. The molecule has 1 heterocycles. The van der Waals surface area contributed by atoms with Gasteiger partial charge in [-0.1, -0.05) is 47.5 Å². The van der Waals surface area contributed by atoms with Gasteiger partial charge in [0.25, 0.3) is 0 Å². The van der Waals surface area contributed by atoms with Crippen LogP contribution in [-0.2, 0) is 4.79 Å². The maximum atomic E-state index is 12.3. The van der Waals surface area contributed by atoms with Gasteiger partial charge in [0.15, 0.2) is 0 Å². The Balaban J connectivity index is 1.58. The number of carbonyl (C=O) groups is 1. The summed E-state index contributed by atoms with van der Waals surface area (Å²) in [6.45, 7) is 2.98. The molecule has 1 aliphatic heterocycles. The molecular formula is C19H18Cl2N2O. The lowest BCUT2D eigenvalue weighted by atomic mass is 10.2. The molecule has 3 nitrogen and oxygen atoms in total. The number of anilines is 1. The van der Waals surface area contributed by atoms with Gasteiger partial charge in [-0.25, -0.2) is 0 Å². The summed E-state index contributed by atoms with van der Waals surface area (Å²) in [4.78, 5) is 16.4. The predicted octanol–water partition coefficient (Wildman–Crippen LogP) is 4.36. The van der Waals surface area contributed by atoms with Crippen molar-refractivity contribution < 1.29 is 4.79 Å². The highest BCUT2D eigenvalue weighted by Gasteiger charge is 2.19. The first-order valence-corrected chi connectivity index (χ1v) is 8.61. The number of piperazine rings is 1. The van der Waals surface area contributed by atoms with Crippen molar-refractivity contribution in [2.24, 2.45) is 0 Å². The number of benzene rings is 2. The van der Waals surface area contributed by atoms with Crippen molar-refractivity contribution in [2.45, 2.75) is 0 Å². The van der Waals surface area contributed by atoms with Crippen LogP contribution in [0.4, 0.5) is 5.69 Å². The molecule has 3 rings (SSSR count). The summed E-state index contributed by atoms with van der Waals surface area (Å²) in [5.74, 6) is 0.0145.